The summed E-state index contributed by atoms with van der Waals surface area (Å²) in [6.45, 7) is 5.28. The number of carbonyl (C=O) groups excluding carboxylic acids is 1. The fraction of sp³-hybridized carbons (Fsp3) is 0.784. The fourth-order valence-corrected chi connectivity index (χ4v) is 7.26. The minimum atomic E-state index is -4.54. The van der Waals surface area contributed by atoms with Crippen molar-refractivity contribution in [1.29, 1.82) is 0 Å². The molecule has 0 aliphatic carbocycles. The van der Waals surface area contributed by atoms with E-state index in [1.807, 2.05) is 21.1 Å². The number of nitrogens with zero attached hydrogens (tertiary/aromatic N) is 1. The fourth-order valence-electron chi connectivity index (χ4n) is 6.53. The number of hydrogen-bond donors (Lipinski definition) is 0. The molecule has 8 nitrogen and oxygen atoms in total. The quantitative estimate of drug-likeness (QED) is 0.0198. The molecule has 60 heavy (non-hydrogen) atoms. The van der Waals surface area contributed by atoms with Gasteiger partial charge in [0, 0.05) is 13.0 Å². The lowest BCUT2D eigenvalue weighted by Crippen LogP contribution is -2.37. The zero-order chi connectivity index (χ0) is 44.1. The van der Waals surface area contributed by atoms with Crippen LogP contribution in [0.5, 0.6) is 0 Å². The first-order valence-electron chi connectivity index (χ1n) is 24.5. The Morgan fingerprint density at radius 3 is 1.47 bits per heavy atom. The summed E-state index contributed by atoms with van der Waals surface area (Å²) < 4.78 is 34.7. The van der Waals surface area contributed by atoms with Crippen molar-refractivity contribution in [2.24, 2.45) is 0 Å². The van der Waals surface area contributed by atoms with Crippen LogP contribution in [0.25, 0.3) is 0 Å². The highest BCUT2D eigenvalue weighted by Gasteiger charge is 2.20. The summed E-state index contributed by atoms with van der Waals surface area (Å²) in [5.74, 6) is -0.349. The monoisotopic (exact) mass is 864 g/mol. The van der Waals surface area contributed by atoms with Crippen LogP contribution in [0.1, 0.15) is 200 Å². The summed E-state index contributed by atoms with van der Waals surface area (Å²) in [5.41, 5.74) is 0. The van der Waals surface area contributed by atoms with Crippen molar-refractivity contribution < 1.29 is 37.3 Å². The van der Waals surface area contributed by atoms with Gasteiger partial charge in [-0.1, -0.05) is 177 Å². The number of esters is 1. The van der Waals surface area contributed by atoms with Gasteiger partial charge in [0.05, 0.1) is 34.4 Å². The number of likely N-dealkylation sites (N-methyl/N-ethyl adjacent to an activating group) is 1. The third-order valence-corrected chi connectivity index (χ3v) is 11.3. The Balaban J connectivity index is 4.21. The van der Waals surface area contributed by atoms with Crippen molar-refractivity contribution in [1.82, 2.24) is 0 Å². The Bertz CT molecular complexity index is 1140. The lowest BCUT2D eigenvalue weighted by molar-refractivity contribution is -0.870. The first-order valence-corrected chi connectivity index (χ1v) is 26.0. The molecule has 9 heteroatoms. The first-order chi connectivity index (χ1) is 29.1. The molecule has 0 aromatic carbocycles. The number of phosphoric ester groups is 1. The van der Waals surface area contributed by atoms with Crippen LogP contribution in [0.3, 0.4) is 0 Å². The summed E-state index contributed by atoms with van der Waals surface area (Å²) >= 11 is 0. The molecule has 0 N–H and O–H groups in total. The highest BCUT2D eigenvalue weighted by Crippen LogP contribution is 2.38. The third-order valence-electron chi connectivity index (χ3n) is 10.3. The Kier molecular flexibility index (Phi) is 42.5. The SMILES string of the molecule is CC/C=C\C/C=C\C/C=C\C/C=C\CCCCCCCCC(=O)OC(COCCCCCCCCCC/C=C\CCCCCCCCC)COP(=O)([O-])OCC[N+](C)(C)C. The van der Waals surface area contributed by atoms with Gasteiger partial charge in [0.25, 0.3) is 7.82 Å². The number of quaternary nitrogens is 1. The second kappa shape index (κ2) is 43.8. The van der Waals surface area contributed by atoms with E-state index in [4.69, 9.17) is 18.5 Å². The smallest absolute Gasteiger partial charge is 0.306 e. The van der Waals surface area contributed by atoms with E-state index in [1.165, 1.54) is 109 Å². The molecular formula is C51H94NO7P. The summed E-state index contributed by atoms with van der Waals surface area (Å²) in [6.07, 6.45) is 55.2. The average Bonchev–Trinajstić information content (AvgIpc) is 3.20. The van der Waals surface area contributed by atoms with Crippen molar-refractivity contribution in [2.75, 3.05) is 54.1 Å². The molecule has 0 spiro atoms. The molecule has 0 saturated carbocycles. The Labute approximate surface area is 370 Å². The molecule has 0 aliphatic rings. The van der Waals surface area contributed by atoms with Gasteiger partial charge in [-0.25, -0.2) is 0 Å². The summed E-state index contributed by atoms with van der Waals surface area (Å²) in [4.78, 5) is 25.1. The van der Waals surface area contributed by atoms with E-state index in [1.54, 1.807) is 0 Å². The minimum Gasteiger partial charge on any atom is -0.756 e. The summed E-state index contributed by atoms with van der Waals surface area (Å²) in [7, 11) is 1.34. The topological polar surface area (TPSA) is 94.1 Å². The Morgan fingerprint density at radius 2 is 0.967 bits per heavy atom. The number of carbonyl (C=O) groups is 1. The highest BCUT2D eigenvalue weighted by atomic mass is 31.2. The number of rotatable bonds is 45. The molecule has 2 atom stereocenters. The van der Waals surface area contributed by atoms with Crippen LogP contribution in [-0.4, -0.2) is 70.7 Å². The van der Waals surface area contributed by atoms with Gasteiger partial charge in [0.1, 0.15) is 19.3 Å². The average molecular weight is 864 g/mol. The molecule has 350 valence electrons. The third kappa shape index (κ3) is 47.3. The molecule has 0 bridgehead atoms. The van der Waals surface area contributed by atoms with Crippen molar-refractivity contribution in [2.45, 2.75) is 206 Å². The second-order valence-corrected chi connectivity index (χ2v) is 18.8. The normalized spacial score (nSPS) is 14.2. The van der Waals surface area contributed by atoms with E-state index < -0.39 is 13.9 Å². The van der Waals surface area contributed by atoms with Gasteiger partial charge in [0.2, 0.25) is 0 Å². The second-order valence-electron chi connectivity index (χ2n) is 17.4. The molecule has 0 aromatic heterocycles. The van der Waals surface area contributed by atoms with E-state index in [-0.39, 0.29) is 25.8 Å². The number of hydrogen-bond acceptors (Lipinski definition) is 7. The lowest BCUT2D eigenvalue weighted by atomic mass is 10.1. The number of allylic oxidation sites excluding steroid dienone is 10. The standard InChI is InChI=1S/C51H94NO7P/c1-6-8-10-12-14-16-18-20-22-24-26-28-30-32-34-36-38-40-42-44-51(53)59-50(49-58-60(54,55)57-47-45-52(3,4)5)48-56-46-43-41-39-37-35-33-31-29-27-25-23-21-19-17-15-13-11-9-7-2/h8,10,14,16,20,22-23,25-26,28,50H,6-7,9,11-13,15,17-19,21,24,27,29-49H2,1-5H3/b10-8-,16-14-,22-20-,25-23-,28-26-. The van der Waals surface area contributed by atoms with Crippen molar-refractivity contribution in [3.8, 4) is 0 Å². The van der Waals surface area contributed by atoms with Crippen LogP contribution in [0, 0.1) is 0 Å². The maximum absolute atomic E-state index is 12.7. The number of unbranched alkanes of at least 4 members (excludes halogenated alkanes) is 21. The maximum Gasteiger partial charge on any atom is 0.306 e. The van der Waals surface area contributed by atoms with Gasteiger partial charge in [-0.2, -0.15) is 0 Å². The van der Waals surface area contributed by atoms with Crippen LogP contribution in [0.15, 0.2) is 60.8 Å². The molecule has 0 amide bonds. The molecular weight excluding hydrogens is 770 g/mol. The van der Waals surface area contributed by atoms with Crippen LogP contribution in [0.2, 0.25) is 0 Å². The van der Waals surface area contributed by atoms with Crippen LogP contribution in [-0.2, 0) is 27.9 Å². The van der Waals surface area contributed by atoms with E-state index >= 15 is 0 Å². The Morgan fingerprint density at radius 1 is 0.533 bits per heavy atom. The maximum atomic E-state index is 12.7. The van der Waals surface area contributed by atoms with Gasteiger partial charge >= 0.3 is 5.97 Å². The predicted octanol–water partition coefficient (Wildman–Crippen LogP) is 14.3. The molecule has 0 aliphatic heterocycles. The minimum absolute atomic E-state index is 0.0202. The number of ether oxygens (including phenoxy) is 2. The zero-order valence-electron chi connectivity index (χ0n) is 39.6. The largest absolute Gasteiger partial charge is 0.756 e. The molecule has 0 rings (SSSR count). The van der Waals surface area contributed by atoms with Crippen molar-refractivity contribution in [3.63, 3.8) is 0 Å². The van der Waals surface area contributed by atoms with Crippen molar-refractivity contribution in [3.05, 3.63) is 60.8 Å². The summed E-state index contributed by atoms with van der Waals surface area (Å²) in [6, 6.07) is 0. The zero-order valence-corrected chi connectivity index (χ0v) is 40.5. The first kappa shape index (κ1) is 58.2. The van der Waals surface area contributed by atoms with E-state index in [0.717, 1.165) is 70.6 Å². The van der Waals surface area contributed by atoms with Gasteiger partial charge in [0.15, 0.2) is 0 Å². The summed E-state index contributed by atoms with van der Waals surface area (Å²) in [5, 5.41) is 0. The van der Waals surface area contributed by atoms with E-state index in [0.29, 0.717) is 24.1 Å². The molecule has 2 unspecified atom stereocenters. The highest BCUT2D eigenvalue weighted by molar-refractivity contribution is 7.45. The van der Waals surface area contributed by atoms with Crippen LogP contribution in [0.4, 0.5) is 0 Å². The van der Waals surface area contributed by atoms with E-state index in [2.05, 4.69) is 74.6 Å². The van der Waals surface area contributed by atoms with Crippen molar-refractivity contribution >= 4 is 13.8 Å². The Hall–Kier alpha value is -1.80. The molecule has 0 saturated heterocycles. The van der Waals surface area contributed by atoms with Crippen LogP contribution >= 0.6 is 7.82 Å². The van der Waals surface area contributed by atoms with Crippen LogP contribution < -0.4 is 4.89 Å². The molecule has 0 heterocycles. The van der Waals surface area contributed by atoms with Gasteiger partial charge in [-0.15, -0.1) is 0 Å². The van der Waals surface area contributed by atoms with Gasteiger partial charge in [-0.3, -0.25) is 9.36 Å². The van der Waals surface area contributed by atoms with E-state index in [9.17, 15) is 14.3 Å². The number of phosphoric acid groups is 1. The van der Waals surface area contributed by atoms with Gasteiger partial charge in [-0.05, 0) is 77.0 Å². The predicted molar refractivity (Wildman–Crippen MR) is 254 cm³/mol. The lowest BCUT2D eigenvalue weighted by Gasteiger charge is -2.28. The van der Waals surface area contributed by atoms with Gasteiger partial charge < -0.3 is 27.9 Å². The molecule has 0 aromatic rings. The molecule has 0 radical (unpaired) electrons. The molecule has 0 fully saturated rings.